The van der Waals surface area contributed by atoms with E-state index in [0.717, 1.165) is 23.3 Å². The van der Waals surface area contributed by atoms with E-state index < -0.39 is 6.30 Å². The van der Waals surface area contributed by atoms with Crippen LogP contribution in [0.3, 0.4) is 0 Å². The molecule has 1 heterocycles. The molecule has 4 nitrogen and oxygen atoms in total. The Morgan fingerprint density at radius 2 is 2.10 bits per heavy atom. The fourth-order valence-corrected chi connectivity index (χ4v) is 2.58. The molecule has 0 unspecified atom stereocenters. The molecule has 1 aromatic carbocycles. The predicted molar refractivity (Wildman–Crippen MR) is 74.8 cm³/mol. The van der Waals surface area contributed by atoms with Crippen molar-refractivity contribution < 1.29 is 13.2 Å². The van der Waals surface area contributed by atoms with Gasteiger partial charge in [0.25, 0.3) is 0 Å². The van der Waals surface area contributed by atoms with Gasteiger partial charge < -0.3 is 0 Å². The fraction of sp³-hybridized carbons (Fsp3) is 0.308. The van der Waals surface area contributed by atoms with E-state index in [4.69, 9.17) is 5.26 Å². The number of alkyl halides is 3. The zero-order valence-electron chi connectivity index (χ0n) is 11.2. The summed E-state index contributed by atoms with van der Waals surface area (Å²) in [6, 6.07) is 7.00. The van der Waals surface area contributed by atoms with Gasteiger partial charge in [-0.25, -0.2) is 5.01 Å². The van der Waals surface area contributed by atoms with E-state index in [1.807, 2.05) is 6.92 Å². The normalized spacial score (nSPS) is 14.6. The van der Waals surface area contributed by atoms with Gasteiger partial charge in [0.15, 0.2) is 0 Å². The second-order valence-electron chi connectivity index (χ2n) is 4.25. The standard InChI is InChI=1S/C13H13F3N4S/c1-2-7-21-12-8-11(4-3-10(12)9-17)19-5-6-20(18-19)13(14,15)16/h3-6,8,18H,2,7H2,1H3. The van der Waals surface area contributed by atoms with Gasteiger partial charge in [-0.15, -0.1) is 30.5 Å². The van der Waals surface area contributed by atoms with Gasteiger partial charge in [-0.3, -0.25) is 5.01 Å². The molecule has 1 aromatic rings. The van der Waals surface area contributed by atoms with Crippen LogP contribution in [0, 0.1) is 11.3 Å². The third-order valence-corrected chi connectivity index (χ3v) is 3.94. The second-order valence-corrected chi connectivity index (χ2v) is 5.38. The number of thioether (sulfide) groups is 1. The Labute approximate surface area is 124 Å². The number of halogens is 3. The number of nitrogens with one attached hydrogen (secondary N) is 1. The Balaban J connectivity index is 2.19. The molecule has 0 spiro atoms. The molecule has 0 amide bonds. The quantitative estimate of drug-likeness (QED) is 0.679. The average molecular weight is 314 g/mol. The highest BCUT2D eigenvalue weighted by Crippen LogP contribution is 2.30. The molecule has 0 atom stereocenters. The minimum absolute atomic E-state index is 0.0596. The lowest BCUT2D eigenvalue weighted by molar-refractivity contribution is -0.241. The summed E-state index contributed by atoms with van der Waals surface area (Å²) in [6.45, 7) is 2.02. The van der Waals surface area contributed by atoms with E-state index in [1.165, 1.54) is 23.0 Å². The summed E-state index contributed by atoms with van der Waals surface area (Å²) in [5.74, 6) is 0.843. The van der Waals surface area contributed by atoms with Gasteiger partial charge in [0, 0.05) is 17.3 Å². The molecule has 1 aliphatic rings. The van der Waals surface area contributed by atoms with E-state index in [2.05, 4.69) is 11.6 Å². The Kier molecular flexibility index (Phi) is 4.65. The molecule has 1 aliphatic heterocycles. The van der Waals surface area contributed by atoms with Gasteiger partial charge in [-0.2, -0.15) is 5.26 Å². The van der Waals surface area contributed by atoms with Gasteiger partial charge >= 0.3 is 6.30 Å². The molecule has 0 radical (unpaired) electrons. The summed E-state index contributed by atoms with van der Waals surface area (Å²) >= 11 is 1.51. The number of rotatable bonds is 4. The van der Waals surface area contributed by atoms with Crippen LogP contribution in [0.5, 0.6) is 0 Å². The van der Waals surface area contributed by atoms with Crippen LogP contribution < -0.4 is 10.5 Å². The summed E-state index contributed by atoms with van der Waals surface area (Å²) < 4.78 is 37.7. The first-order chi connectivity index (χ1) is 9.95. The monoisotopic (exact) mass is 314 g/mol. The molecular formula is C13H13F3N4S. The van der Waals surface area contributed by atoms with Gasteiger partial charge in [0.05, 0.1) is 11.3 Å². The Morgan fingerprint density at radius 3 is 2.67 bits per heavy atom. The molecule has 2 rings (SSSR count). The lowest BCUT2D eigenvalue weighted by atomic mass is 10.2. The highest BCUT2D eigenvalue weighted by atomic mass is 32.2. The van der Waals surface area contributed by atoms with Gasteiger partial charge in [-0.1, -0.05) is 6.92 Å². The van der Waals surface area contributed by atoms with Crippen LogP contribution in [0.1, 0.15) is 18.9 Å². The van der Waals surface area contributed by atoms with Crippen molar-refractivity contribution in [3.8, 4) is 6.07 Å². The maximum atomic E-state index is 12.6. The number of hydrogen-bond donors (Lipinski definition) is 1. The van der Waals surface area contributed by atoms with Crippen LogP contribution in [-0.2, 0) is 0 Å². The Morgan fingerprint density at radius 1 is 1.33 bits per heavy atom. The van der Waals surface area contributed by atoms with Crippen molar-refractivity contribution in [2.45, 2.75) is 24.5 Å². The van der Waals surface area contributed by atoms with Crippen LogP contribution >= 0.6 is 11.8 Å². The SMILES string of the molecule is CCCSc1cc(N2C=CN(C(F)(F)F)N2)ccc1C#N. The first kappa shape index (κ1) is 15.5. The fourth-order valence-electron chi connectivity index (χ4n) is 1.69. The lowest BCUT2D eigenvalue weighted by Gasteiger charge is -2.24. The highest BCUT2D eigenvalue weighted by molar-refractivity contribution is 7.99. The molecule has 1 N–H and O–H groups in total. The lowest BCUT2D eigenvalue weighted by Crippen LogP contribution is -2.46. The van der Waals surface area contributed by atoms with Crippen LogP contribution in [0.2, 0.25) is 0 Å². The zero-order valence-corrected chi connectivity index (χ0v) is 12.0. The van der Waals surface area contributed by atoms with Gasteiger partial charge in [-0.05, 0) is 30.4 Å². The number of hydrogen-bond acceptors (Lipinski definition) is 5. The molecule has 0 saturated carbocycles. The molecular weight excluding hydrogens is 301 g/mol. The number of nitrogens with zero attached hydrogens (tertiary/aromatic N) is 3. The maximum absolute atomic E-state index is 12.6. The van der Waals surface area contributed by atoms with E-state index in [9.17, 15) is 13.2 Å². The van der Waals surface area contributed by atoms with E-state index >= 15 is 0 Å². The minimum Gasteiger partial charge on any atom is -0.265 e. The molecule has 0 saturated heterocycles. The first-order valence-electron chi connectivity index (χ1n) is 6.22. The van der Waals surface area contributed by atoms with Crippen LogP contribution in [0.15, 0.2) is 35.5 Å². The third kappa shape index (κ3) is 3.62. The largest absolute Gasteiger partial charge is 0.500 e. The average Bonchev–Trinajstić information content (AvgIpc) is 2.94. The third-order valence-electron chi connectivity index (χ3n) is 2.68. The minimum atomic E-state index is -4.49. The van der Waals surface area contributed by atoms with Crippen molar-refractivity contribution in [2.24, 2.45) is 0 Å². The predicted octanol–water partition coefficient (Wildman–Crippen LogP) is 3.59. The van der Waals surface area contributed by atoms with Gasteiger partial charge in [0.2, 0.25) is 0 Å². The summed E-state index contributed by atoms with van der Waals surface area (Å²) in [7, 11) is 0. The van der Waals surface area contributed by atoms with Gasteiger partial charge in [0.1, 0.15) is 6.07 Å². The van der Waals surface area contributed by atoms with E-state index in [-0.39, 0.29) is 5.01 Å². The van der Waals surface area contributed by atoms with Crippen molar-refractivity contribution in [3.63, 3.8) is 0 Å². The Bertz CT molecular complexity index is 580. The van der Waals surface area contributed by atoms with Crippen molar-refractivity contribution >= 4 is 17.4 Å². The van der Waals surface area contributed by atoms with E-state index in [1.54, 1.807) is 18.2 Å². The summed E-state index contributed by atoms with van der Waals surface area (Å²) in [6.07, 6.45) is -1.36. The number of anilines is 1. The van der Waals surface area contributed by atoms with Crippen LogP contribution in [0.25, 0.3) is 0 Å². The molecule has 8 heteroatoms. The maximum Gasteiger partial charge on any atom is 0.500 e. The molecule has 0 fully saturated rings. The van der Waals surface area contributed by atoms with E-state index in [0.29, 0.717) is 11.3 Å². The molecule has 0 bridgehead atoms. The smallest absolute Gasteiger partial charge is 0.265 e. The first-order valence-corrected chi connectivity index (χ1v) is 7.21. The summed E-state index contributed by atoms with van der Waals surface area (Å²) in [4.78, 5) is 0.762. The second kappa shape index (κ2) is 6.28. The zero-order chi connectivity index (χ0) is 15.5. The van der Waals surface area contributed by atoms with Crippen LogP contribution in [0.4, 0.5) is 18.9 Å². The van der Waals surface area contributed by atoms with Crippen molar-refractivity contribution in [1.82, 2.24) is 10.5 Å². The van der Waals surface area contributed by atoms with Crippen LogP contribution in [-0.4, -0.2) is 17.1 Å². The van der Waals surface area contributed by atoms with Crippen molar-refractivity contribution in [3.05, 3.63) is 36.2 Å². The number of benzene rings is 1. The highest BCUT2D eigenvalue weighted by Gasteiger charge is 2.38. The number of hydrazine groups is 2. The van der Waals surface area contributed by atoms with Crippen molar-refractivity contribution in [2.75, 3.05) is 10.8 Å². The summed E-state index contributed by atoms with van der Waals surface area (Å²) in [5, 5.41) is 10.4. The molecule has 0 aromatic heterocycles. The number of nitriles is 1. The topological polar surface area (TPSA) is 42.3 Å². The Hall–Kier alpha value is -1.85. The summed E-state index contributed by atoms with van der Waals surface area (Å²) in [5.41, 5.74) is 3.27. The molecule has 21 heavy (non-hydrogen) atoms. The van der Waals surface area contributed by atoms with Crippen molar-refractivity contribution in [1.29, 1.82) is 5.26 Å². The molecule has 0 aliphatic carbocycles. The molecule has 112 valence electrons.